The zero-order chi connectivity index (χ0) is 15.2. The molecule has 0 radical (unpaired) electrons. The highest BCUT2D eigenvalue weighted by Gasteiger charge is 2.23. The minimum Gasteiger partial charge on any atom is -0.396 e. The molecule has 0 spiro atoms. The van der Waals surface area contributed by atoms with Crippen molar-refractivity contribution in [2.45, 2.75) is 45.1 Å². The molecule has 0 saturated heterocycles. The lowest BCUT2D eigenvalue weighted by atomic mass is 9.86. The zero-order valence-corrected chi connectivity index (χ0v) is 13.3. The van der Waals surface area contributed by atoms with Crippen LogP contribution in [0.25, 0.3) is 0 Å². The molecule has 1 aliphatic carbocycles. The Kier molecular flexibility index (Phi) is 6.07. The van der Waals surface area contributed by atoms with Crippen molar-refractivity contribution in [2.75, 3.05) is 6.61 Å². The van der Waals surface area contributed by atoms with E-state index in [0.29, 0.717) is 12.3 Å². The molecule has 4 heteroatoms. The van der Waals surface area contributed by atoms with Gasteiger partial charge < -0.3 is 10.4 Å². The van der Waals surface area contributed by atoms with Gasteiger partial charge in [-0.15, -0.1) is 0 Å². The van der Waals surface area contributed by atoms with Gasteiger partial charge in [-0.2, -0.15) is 0 Å². The number of hydrogen-bond donors (Lipinski definition) is 2. The number of amides is 1. The van der Waals surface area contributed by atoms with Gasteiger partial charge in [0, 0.05) is 23.6 Å². The average molecular weight is 310 g/mol. The number of aliphatic hydroxyl groups is 1. The Balaban J connectivity index is 1.82. The standard InChI is InChI=1S/C17H24ClNO2/c1-12(10-14-4-2-3-5-16(14)18)17(21)19-15-8-6-13(11-20)7-9-15/h2-5,12-13,15,20H,6-11H2,1H3,(H,19,21). The Hall–Kier alpha value is -1.06. The number of nitrogens with one attached hydrogen (secondary N) is 1. The summed E-state index contributed by atoms with van der Waals surface area (Å²) < 4.78 is 0. The predicted octanol–water partition coefficient (Wildman–Crippen LogP) is 3.19. The lowest BCUT2D eigenvalue weighted by Gasteiger charge is -2.29. The van der Waals surface area contributed by atoms with E-state index in [2.05, 4.69) is 5.32 Å². The van der Waals surface area contributed by atoms with Crippen LogP contribution in [0.3, 0.4) is 0 Å². The molecule has 1 unspecified atom stereocenters. The zero-order valence-electron chi connectivity index (χ0n) is 12.5. The number of carbonyl (C=O) groups excluding carboxylic acids is 1. The predicted molar refractivity (Wildman–Crippen MR) is 85.3 cm³/mol. The third-order valence-corrected chi connectivity index (χ3v) is 4.75. The van der Waals surface area contributed by atoms with Crippen LogP contribution in [0.2, 0.25) is 5.02 Å². The smallest absolute Gasteiger partial charge is 0.223 e. The second-order valence-corrected chi connectivity index (χ2v) is 6.51. The van der Waals surface area contributed by atoms with Crippen LogP contribution in [0, 0.1) is 11.8 Å². The summed E-state index contributed by atoms with van der Waals surface area (Å²) in [6.07, 6.45) is 4.60. The highest BCUT2D eigenvalue weighted by molar-refractivity contribution is 6.31. The Bertz CT molecular complexity index is 470. The van der Waals surface area contributed by atoms with E-state index in [-0.39, 0.29) is 24.5 Å². The minimum atomic E-state index is -0.0829. The van der Waals surface area contributed by atoms with Gasteiger partial charge in [0.15, 0.2) is 0 Å². The minimum absolute atomic E-state index is 0.0829. The molecule has 1 aromatic carbocycles. The quantitative estimate of drug-likeness (QED) is 0.877. The lowest BCUT2D eigenvalue weighted by Crippen LogP contribution is -2.41. The molecule has 1 saturated carbocycles. The van der Waals surface area contributed by atoms with Crippen molar-refractivity contribution in [3.63, 3.8) is 0 Å². The highest BCUT2D eigenvalue weighted by atomic mass is 35.5. The molecule has 1 amide bonds. The maximum absolute atomic E-state index is 12.3. The molecule has 0 aliphatic heterocycles. The Labute approximate surface area is 131 Å². The molecule has 1 fully saturated rings. The van der Waals surface area contributed by atoms with Crippen LogP contribution < -0.4 is 5.32 Å². The number of hydrogen-bond acceptors (Lipinski definition) is 2. The first kappa shape index (κ1) is 16.3. The van der Waals surface area contributed by atoms with Crippen molar-refractivity contribution < 1.29 is 9.90 Å². The van der Waals surface area contributed by atoms with Crippen molar-refractivity contribution in [1.29, 1.82) is 0 Å². The van der Waals surface area contributed by atoms with E-state index in [1.54, 1.807) is 0 Å². The van der Waals surface area contributed by atoms with E-state index in [0.717, 1.165) is 36.3 Å². The second-order valence-electron chi connectivity index (χ2n) is 6.11. The Morgan fingerprint density at radius 1 is 1.33 bits per heavy atom. The first-order valence-electron chi connectivity index (χ1n) is 7.74. The molecule has 1 atom stereocenters. The number of aliphatic hydroxyl groups excluding tert-OH is 1. The van der Waals surface area contributed by atoms with Crippen LogP contribution in [-0.4, -0.2) is 23.7 Å². The number of rotatable bonds is 5. The van der Waals surface area contributed by atoms with Gasteiger partial charge in [0.2, 0.25) is 5.91 Å². The van der Waals surface area contributed by atoms with E-state index in [1.807, 2.05) is 31.2 Å². The van der Waals surface area contributed by atoms with E-state index in [9.17, 15) is 4.79 Å². The molecular weight excluding hydrogens is 286 g/mol. The topological polar surface area (TPSA) is 49.3 Å². The summed E-state index contributed by atoms with van der Waals surface area (Å²) in [7, 11) is 0. The molecule has 0 aromatic heterocycles. The van der Waals surface area contributed by atoms with E-state index >= 15 is 0 Å². The fourth-order valence-corrected chi connectivity index (χ4v) is 3.13. The fourth-order valence-electron chi connectivity index (χ4n) is 2.92. The monoisotopic (exact) mass is 309 g/mol. The molecule has 116 valence electrons. The van der Waals surface area contributed by atoms with Gasteiger partial charge in [0.05, 0.1) is 0 Å². The molecule has 1 aliphatic rings. The Morgan fingerprint density at radius 3 is 2.62 bits per heavy atom. The molecule has 0 heterocycles. The van der Waals surface area contributed by atoms with Crippen LogP contribution in [0.1, 0.15) is 38.2 Å². The molecule has 0 bridgehead atoms. The van der Waals surface area contributed by atoms with Crippen LogP contribution >= 0.6 is 11.6 Å². The van der Waals surface area contributed by atoms with Crippen molar-refractivity contribution in [1.82, 2.24) is 5.32 Å². The third kappa shape index (κ3) is 4.72. The lowest BCUT2D eigenvalue weighted by molar-refractivity contribution is -0.125. The van der Waals surface area contributed by atoms with Crippen molar-refractivity contribution >= 4 is 17.5 Å². The molecule has 2 N–H and O–H groups in total. The van der Waals surface area contributed by atoms with Gasteiger partial charge in [-0.25, -0.2) is 0 Å². The maximum Gasteiger partial charge on any atom is 0.223 e. The van der Waals surface area contributed by atoms with Crippen molar-refractivity contribution in [3.05, 3.63) is 34.9 Å². The van der Waals surface area contributed by atoms with Crippen LogP contribution in [0.15, 0.2) is 24.3 Å². The number of benzene rings is 1. The Morgan fingerprint density at radius 2 is 2.00 bits per heavy atom. The first-order chi connectivity index (χ1) is 10.1. The average Bonchev–Trinajstić information content (AvgIpc) is 2.50. The first-order valence-corrected chi connectivity index (χ1v) is 8.12. The summed E-state index contributed by atoms with van der Waals surface area (Å²) >= 11 is 6.14. The van der Waals surface area contributed by atoms with E-state index in [4.69, 9.17) is 16.7 Å². The van der Waals surface area contributed by atoms with Gasteiger partial charge in [-0.3, -0.25) is 4.79 Å². The third-order valence-electron chi connectivity index (χ3n) is 4.38. The van der Waals surface area contributed by atoms with Gasteiger partial charge >= 0.3 is 0 Å². The van der Waals surface area contributed by atoms with Crippen LogP contribution in [-0.2, 0) is 11.2 Å². The van der Waals surface area contributed by atoms with Gasteiger partial charge in [-0.1, -0.05) is 36.7 Å². The molecular formula is C17H24ClNO2. The molecule has 1 aromatic rings. The molecule has 21 heavy (non-hydrogen) atoms. The molecule has 2 rings (SSSR count). The van der Waals surface area contributed by atoms with Crippen LogP contribution in [0.4, 0.5) is 0 Å². The van der Waals surface area contributed by atoms with Crippen LogP contribution in [0.5, 0.6) is 0 Å². The SMILES string of the molecule is CC(Cc1ccccc1Cl)C(=O)NC1CCC(CO)CC1. The summed E-state index contributed by atoms with van der Waals surface area (Å²) in [4.78, 5) is 12.3. The summed E-state index contributed by atoms with van der Waals surface area (Å²) in [5.41, 5.74) is 1.02. The summed E-state index contributed by atoms with van der Waals surface area (Å²) in [5, 5.41) is 13.0. The van der Waals surface area contributed by atoms with E-state index in [1.165, 1.54) is 0 Å². The summed E-state index contributed by atoms with van der Waals surface area (Å²) in [5.74, 6) is 0.432. The van der Waals surface area contributed by atoms with Crippen molar-refractivity contribution in [3.8, 4) is 0 Å². The van der Waals surface area contributed by atoms with Gasteiger partial charge in [0.25, 0.3) is 0 Å². The number of carbonyl (C=O) groups is 1. The largest absolute Gasteiger partial charge is 0.396 e. The van der Waals surface area contributed by atoms with Crippen molar-refractivity contribution in [2.24, 2.45) is 11.8 Å². The van der Waals surface area contributed by atoms with Gasteiger partial charge in [-0.05, 0) is 49.7 Å². The molecule has 3 nitrogen and oxygen atoms in total. The van der Waals surface area contributed by atoms with Gasteiger partial charge in [0.1, 0.15) is 0 Å². The summed E-state index contributed by atoms with van der Waals surface area (Å²) in [6, 6.07) is 7.93. The number of halogens is 1. The van der Waals surface area contributed by atoms with E-state index < -0.39 is 0 Å². The highest BCUT2D eigenvalue weighted by Crippen LogP contribution is 2.24. The maximum atomic E-state index is 12.3. The summed E-state index contributed by atoms with van der Waals surface area (Å²) in [6.45, 7) is 2.21. The fraction of sp³-hybridized carbons (Fsp3) is 0.588. The second kappa shape index (κ2) is 7.81. The normalized spacial score (nSPS) is 23.6.